The van der Waals surface area contributed by atoms with Crippen molar-refractivity contribution in [3.63, 3.8) is 0 Å². The Kier molecular flexibility index (Phi) is 6.17. The van der Waals surface area contributed by atoms with E-state index in [4.69, 9.17) is 0 Å². The molecule has 0 spiro atoms. The van der Waals surface area contributed by atoms with Gasteiger partial charge in [-0.05, 0) is 37.8 Å². The second kappa shape index (κ2) is 7.16. The molecule has 0 aliphatic heterocycles. The molecule has 0 aliphatic rings. The van der Waals surface area contributed by atoms with Crippen molar-refractivity contribution in [2.45, 2.75) is 39.7 Å². The van der Waals surface area contributed by atoms with E-state index in [0.717, 1.165) is 23.5 Å². The van der Waals surface area contributed by atoms with Gasteiger partial charge in [0.15, 0.2) is 0 Å². The van der Waals surface area contributed by atoms with E-state index in [1.807, 2.05) is 13.8 Å². The van der Waals surface area contributed by atoms with Gasteiger partial charge in [-0.25, -0.2) is 8.42 Å². The summed E-state index contributed by atoms with van der Waals surface area (Å²) in [5.74, 6) is 0.483. The highest BCUT2D eigenvalue weighted by Crippen LogP contribution is 2.24. The molecule has 1 N–H and O–H groups in total. The van der Waals surface area contributed by atoms with Crippen LogP contribution in [0.25, 0.3) is 0 Å². The Balaban J connectivity index is 2.57. The molecular weight excluding hydrogens is 270 g/mol. The van der Waals surface area contributed by atoms with Crippen LogP contribution in [0.4, 0.5) is 0 Å². The van der Waals surface area contributed by atoms with Crippen LogP contribution in [0.1, 0.15) is 43.3 Å². The topological polar surface area (TPSA) is 72.0 Å². The zero-order valence-electron chi connectivity index (χ0n) is 11.1. The molecule has 0 aliphatic carbocycles. The molecule has 1 rings (SSSR count). The van der Waals surface area contributed by atoms with Crippen molar-refractivity contribution < 1.29 is 8.42 Å². The molecule has 0 saturated carbocycles. The molecule has 1 heterocycles. The molecule has 104 valence electrons. The van der Waals surface area contributed by atoms with Crippen LogP contribution in [-0.4, -0.2) is 36.1 Å². The third-order valence-corrected chi connectivity index (χ3v) is 5.57. The average Bonchev–Trinajstić information content (AvgIpc) is 2.74. The van der Waals surface area contributed by atoms with Crippen LogP contribution >= 0.6 is 11.5 Å². The van der Waals surface area contributed by atoms with Gasteiger partial charge in [0.1, 0.15) is 9.84 Å². The van der Waals surface area contributed by atoms with Crippen molar-refractivity contribution in [2.75, 3.05) is 18.1 Å². The molecule has 0 amide bonds. The lowest BCUT2D eigenvalue weighted by atomic mass is 10.1. The van der Waals surface area contributed by atoms with Crippen molar-refractivity contribution in [3.8, 4) is 0 Å². The van der Waals surface area contributed by atoms with Crippen LogP contribution < -0.4 is 5.32 Å². The second-order valence-corrected chi connectivity index (χ2v) is 7.47. The Morgan fingerprint density at radius 1 is 1.39 bits per heavy atom. The summed E-state index contributed by atoms with van der Waals surface area (Å²) in [6, 6.07) is 0.169. The highest BCUT2D eigenvalue weighted by molar-refractivity contribution is 7.91. The minimum Gasteiger partial charge on any atom is -0.309 e. The smallest absolute Gasteiger partial charge is 0.150 e. The summed E-state index contributed by atoms with van der Waals surface area (Å²) in [5, 5.41) is 7.37. The maximum absolute atomic E-state index is 11.4. The second-order valence-electron chi connectivity index (χ2n) is 4.21. The first-order valence-electron chi connectivity index (χ1n) is 6.22. The number of sulfone groups is 1. The van der Waals surface area contributed by atoms with E-state index in [-0.39, 0.29) is 17.5 Å². The zero-order chi connectivity index (χ0) is 13.6. The van der Waals surface area contributed by atoms with E-state index in [2.05, 4.69) is 14.9 Å². The molecule has 1 aromatic rings. The van der Waals surface area contributed by atoms with Gasteiger partial charge < -0.3 is 5.32 Å². The van der Waals surface area contributed by atoms with Gasteiger partial charge in [-0.2, -0.15) is 0 Å². The van der Waals surface area contributed by atoms with E-state index in [0.29, 0.717) is 6.42 Å². The molecule has 1 atom stereocenters. The first-order valence-corrected chi connectivity index (χ1v) is 8.82. The molecular formula is C11H21N3O2S2. The van der Waals surface area contributed by atoms with Crippen LogP contribution in [0.3, 0.4) is 0 Å². The van der Waals surface area contributed by atoms with Crippen LogP contribution in [0.2, 0.25) is 0 Å². The predicted octanol–water partition coefficient (Wildman–Crippen LogP) is 1.71. The van der Waals surface area contributed by atoms with Gasteiger partial charge in [-0.1, -0.05) is 18.3 Å². The lowest BCUT2D eigenvalue weighted by Crippen LogP contribution is -2.22. The number of aromatic nitrogens is 2. The lowest BCUT2D eigenvalue weighted by Gasteiger charge is -2.16. The van der Waals surface area contributed by atoms with Crippen molar-refractivity contribution in [1.29, 1.82) is 0 Å². The highest BCUT2D eigenvalue weighted by atomic mass is 32.2. The average molecular weight is 291 g/mol. The number of hydrogen-bond acceptors (Lipinski definition) is 6. The quantitative estimate of drug-likeness (QED) is 0.789. The maximum atomic E-state index is 11.4. The van der Waals surface area contributed by atoms with Crippen molar-refractivity contribution >= 4 is 21.4 Å². The van der Waals surface area contributed by atoms with Crippen LogP contribution in [-0.2, 0) is 9.84 Å². The Labute approximate surface area is 113 Å². The van der Waals surface area contributed by atoms with E-state index >= 15 is 0 Å². The number of nitrogens with zero attached hydrogens (tertiary/aromatic N) is 2. The van der Waals surface area contributed by atoms with E-state index < -0.39 is 9.84 Å². The Bertz CT molecular complexity index is 457. The number of rotatable bonds is 8. The molecule has 0 saturated heterocycles. The first kappa shape index (κ1) is 15.5. The molecule has 0 aromatic carbocycles. The standard InChI is InChI=1S/C11H21N3O2S2/c1-4-12-10(11-9(3)13-14-17-11)7-6-8-18(15,16)5-2/h10,12H,4-8H2,1-3H3. The number of hydrogen-bond donors (Lipinski definition) is 1. The minimum absolute atomic E-state index is 0.169. The monoisotopic (exact) mass is 291 g/mol. The third-order valence-electron chi connectivity index (χ3n) is 2.84. The fraction of sp³-hybridized carbons (Fsp3) is 0.818. The van der Waals surface area contributed by atoms with Crippen molar-refractivity contribution in [3.05, 3.63) is 10.6 Å². The summed E-state index contributed by atoms with van der Waals surface area (Å²) in [7, 11) is -2.86. The molecule has 0 radical (unpaired) electrons. The van der Waals surface area contributed by atoms with Gasteiger partial charge in [-0.3, -0.25) is 0 Å². The van der Waals surface area contributed by atoms with Crippen molar-refractivity contribution in [2.24, 2.45) is 0 Å². The summed E-state index contributed by atoms with van der Waals surface area (Å²) in [4.78, 5) is 1.12. The number of aryl methyl sites for hydroxylation is 1. The molecule has 18 heavy (non-hydrogen) atoms. The van der Waals surface area contributed by atoms with E-state index in [1.54, 1.807) is 6.92 Å². The third kappa shape index (κ3) is 4.62. The molecule has 5 nitrogen and oxygen atoms in total. The van der Waals surface area contributed by atoms with Gasteiger partial charge in [0.2, 0.25) is 0 Å². The largest absolute Gasteiger partial charge is 0.309 e. The van der Waals surface area contributed by atoms with Gasteiger partial charge >= 0.3 is 0 Å². The van der Waals surface area contributed by atoms with Crippen molar-refractivity contribution in [1.82, 2.24) is 14.9 Å². The summed E-state index contributed by atoms with van der Waals surface area (Å²) in [6.07, 6.45) is 1.48. The Morgan fingerprint density at radius 2 is 2.11 bits per heavy atom. The van der Waals surface area contributed by atoms with Crippen LogP contribution in [0, 0.1) is 6.92 Å². The summed E-state index contributed by atoms with van der Waals surface area (Å²) in [5.41, 5.74) is 0.935. The molecule has 0 fully saturated rings. The number of nitrogens with one attached hydrogen (secondary N) is 1. The SMILES string of the molecule is CCNC(CCCS(=O)(=O)CC)c1snnc1C. The van der Waals surface area contributed by atoms with Crippen LogP contribution in [0.5, 0.6) is 0 Å². The molecule has 1 aromatic heterocycles. The van der Waals surface area contributed by atoms with E-state index in [9.17, 15) is 8.42 Å². The molecule has 0 bridgehead atoms. The highest BCUT2D eigenvalue weighted by Gasteiger charge is 2.17. The maximum Gasteiger partial charge on any atom is 0.150 e. The predicted molar refractivity (Wildman–Crippen MR) is 74.6 cm³/mol. The zero-order valence-corrected chi connectivity index (χ0v) is 12.8. The minimum atomic E-state index is -2.86. The van der Waals surface area contributed by atoms with Gasteiger partial charge in [0.05, 0.1) is 16.3 Å². The normalized spacial score (nSPS) is 13.7. The Morgan fingerprint density at radius 3 is 2.61 bits per heavy atom. The lowest BCUT2D eigenvalue weighted by molar-refractivity contribution is 0.511. The molecule has 1 unspecified atom stereocenters. The van der Waals surface area contributed by atoms with E-state index in [1.165, 1.54) is 11.5 Å². The van der Waals surface area contributed by atoms with Crippen LogP contribution in [0.15, 0.2) is 0 Å². The first-order chi connectivity index (χ1) is 8.50. The fourth-order valence-electron chi connectivity index (χ4n) is 1.78. The fourth-order valence-corrected chi connectivity index (χ4v) is 3.43. The van der Waals surface area contributed by atoms with Gasteiger partial charge in [0.25, 0.3) is 0 Å². The summed E-state index contributed by atoms with van der Waals surface area (Å²) in [6.45, 7) is 6.52. The van der Waals surface area contributed by atoms with Gasteiger partial charge in [-0.15, -0.1) is 5.10 Å². The summed E-state index contributed by atoms with van der Waals surface area (Å²) < 4.78 is 26.8. The summed E-state index contributed by atoms with van der Waals surface area (Å²) >= 11 is 1.39. The Hall–Kier alpha value is -0.530. The molecule has 7 heteroatoms. The van der Waals surface area contributed by atoms with Gasteiger partial charge in [0, 0.05) is 11.8 Å².